The van der Waals surface area contributed by atoms with Crippen molar-refractivity contribution >= 4 is 45.2 Å². The summed E-state index contributed by atoms with van der Waals surface area (Å²) in [6, 6.07) is 3.06. The van der Waals surface area contributed by atoms with E-state index in [2.05, 4.69) is 15.9 Å². The first-order chi connectivity index (χ1) is 8.11. The zero-order valence-electron chi connectivity index (χ0n) is 8.88. The Morgan fingerprint density at radius 2 is 2.06 bits per heavy atom. The van der Waals surface area contributed by atoms with E-state index in [9.17, 15) is 9.18 Å². The first kappa shape index (κ1) is 13.2. The Morgan fingerprint density at radius 1 is 1.41 bits per heavy atom. The minimum atomic E-state index is -0.649. The minimum absolute atomic E-state index is 0.0396. The molecule has 0 saturated carbocycles. The van der Waals surface area contributed by atoms with Crippen LogP contribution in [0.3, 0.4) is 0 Å². The van der Waals surface area contributed by atoms with Crippen LogP contribution in [0.4, 0.5) is 4.39 Å². The van der Waals surface area contributed by atoms with Crippen molar-refractivity contribution in [1.82, 2.24) is 4.90 Å². The van der Waals surface area contributed by atoms with Gasteiger partial charge in [0.25, 0.3) is 5.91 Å². The quantitative estimate of drug-likeness (QED) is 0.731. The molecule has 2 nitrogen and oxygen atoms in total. The maximum absolute atomic E-state index is 13.9. The van der Waals surface area contributed by atoms with Gasteiger partial charge in [-0.05, 0) is 28.1 Å². The molecule has 0 aromatic heterocycles. The highest BCUT2D eigenvalue weighted by Gasteiger charge is 2.23. The van der Waals surface area contributed by atoms with Gasteiger partial charge in [-0.25, -0.2) is 4.39 Å². The van der Waals surface area contributed by atoms with E-state index in [0.29, 0.717) is 17.6 Å². The Labute approximate surface area is 117 Å². The molecule has 1 aliphatic rings. The number of carbonyl (C=O) groups excluding carboxylic acids is 1. The van der Waals surface area contributed by atoms with Crippen molar-refractivity contribution in [2.45, 2.75) is 0 Å². The molecule has 1 saturated heterocycles. The predicted octanol–water partition coefficient (Wildman–Crippen LogP) is 3.43. The summed E-state index contributed by atoms with van der Waals surface area (Å²) in [4.78, 5) is 13.8. The maximum atomic E-state index is 13.9. The normalized spacial score (nSPS) is 16.1. The minimum Gasteiger partial charge on any atom is -0.337 e. The summed E-state index contributed by atoms with van der Waals surface area (Å²) in [7, 11) is 0. The number of carbonyl (C=O) groups is 1. The van der Waals surface area contributed by atoms with Crippen molar-refractivity contribution in [3.63, 3.8) is 0 Å². The molecule has 0 spiro atoms. The van der Waals surface area contributed by atoms with Crippen LogP contribution < -0.4 is 0 Å². The predicted molar refractivity (Wildman–Crippen MR) is 72.3 cm³/mol. The number of rotatable bonds is 1. The Balaban J connectivity index is 2.27. The van der Waals surface area contributed by atoms with Crippen LogP contribution in [0.2, 0.25) is 5.02 Å². The van der Waals surface area contributed by atoms with Gasteiger partial charge in [0.1, 0.15) is 0 Å². The van der Waals surface area contributed by atoms with E-state index in [-0.39, 0.29) is 16.5 Å². The average Bonchev–Trinajstić information content (AvgIpc) is 2.36. The molecular weight excluding hydrogens is 329 g/mol. The van der Waals surface area contributed by atoms with Gasteiger partial charge in [-0.2, -0.15) is 11.8 Å². The summed E-state index contributed by atoms with van der Waals surface area (Å²) < 4.78 is 14.3. The highest BCUT2D eigenvalue weighted by atomic mass is 79.9. The van der Waals surface area contributed by atoms with E-state index < -0.39 is 5.82 Å². The van der Waals surface area contributed by atoms with Crippen molar-refractivity contribution in [2.24, 2.45) is 0 Å². The van der Waals surface area contributed by atoms with Gasteiger partial charge in [0, 0.05) is 29.1 Å². The van der Waals surface area contributed by atoms with Gasteiger partial charge in [0.15, 0.2) is 5.82 Å². The van der Waals surface area contributed by atoms with Crippen LogP contribution >= 0.6 is 39.3 Å². The number of hydrogen-bond donors (Lipinski definition) is 0. The monoisotopic (exact) mass is 337 g/mol. The van der Waals surface area contributed by atoms with Gasteiger partial charge in [-0.1, -0.05) is 11.6 Å². The second-order valence-corrected chi connectivity index (χ2v) is 6.08. The van der Waals surface area contributed by atoms with Crippen LogP contribution in [0.1, 0.15) is 10.4 Å². The van der Waals surface area contributed by atoms with Crippen molar-refractivity contribution in [3.05, 3.63) is 33.0 Å². The molecule has 0 atom stereocenters. The molecule has 0 bridgehead atoms. The third kappa shape index (κ3) is 2.77. The molecule has 0 radical (unpaired) electrons. The first-order valence-corrected chi connectivity index (χ1v) is 7.44. The molecule has 6 heteroatoms. The molecule has 1 amide bonds. The summed E-state index contributed by atoms with van der Waals surface area (Å²) in [5.41, 5.74) is 0.0464. The van der Waals surface area contributed by atoms with Gasteiger partial charge in [-0.3, -0.25) is 4.79 Å². The largest absolute Gasteiger partial charge is 0.337 e. The molecule has 1 fully saturated rings. The summed E-state index contributed by atoms with van der Waals surface area (Å²) in [6.07, 6.45) is 0. The Bertz CT molecular complexity index is 451. The van der Waals surface area contributed by atoms with Crippen molar-refractivity contribution in [2.75, 3.05) is 24.6 Å². The average molecular weight is 339 g/mol. The SMILES string of the molecule is O=C(c1ccc(Br)c(Cl)c1F)N1CCSCC1. The van der Waals surface area contributed by atoms with Gasteiger partial charge in [0.05, 0.1) is 10.6 Å². The number of hydrogen-bond acceptors (Lipinski definition) is 2. The fourth-order valence-corrected chi connectivity index (χ4v) is 3.00. The zero-order valence-corrected chi connectivity index (χ0v) is 12.0. The molecule has 1 aliphatic heterocycles. The highest BCUT2D eigenvalue weighted by molar-refractivity contribution is 9.10. The lowest BCUT2D eigenvalue weighted by Crippen LogP contribution is -2.38. The molecular formula is C11H10BrClFNOS. The summed E-state index contributed by atoms with van der Waals surface area (Å²) in [6.45, 7) is 1.33. The van der Waals surface area contributed by atoms with Crippen molar-refractivity contribution in [1.29, 1.82) is 0 Å². The lowest BCUT2D eigenvalue weighted by Gasteiger charge is -2.26. The van der Waals surface area contributed by atoms with Crippen LogP contribution in [0, 0.1) is 5.82 Å². The molecule has 0 N–H and O–H groups in total. The Kier molecular flexibility index (Phi) is 4.33. The summed E-state index contributed by atoms with van der Waals surface area (Å²) >= 11 is 10.7. The lowest BCUT2D eigenvalue weighted by atomic mass is 10.2. The third-order valence-corrected chi connectivity index (χ3v) is 4.77. The van der Waals surface area contributed by atoms with E-state index >= 15 is 0 Å². The van der Waals surface area contributed by atoms with Crippen LogP contribution in [0.15, 0.2) is 16.6 Å². The Morgan fingerprint density at radius 3 is 2.71 bits per heavy atom. The molecule has 2 rings (SSSR count). The topological polar surface area (TPSA) is 20.3 Å². The van der Waals surface area contributed by atoms with Crippen LogP contribution in [-0.4, -0.2) is 35.4 Å². The Hall–Kier alpha value is -0.260. The van der Waals surface area contributed by atoms with E-state index in [1.807, 2.05) is 0 Å². The standard InChI is InChI=1S/C11H10BrClFNOS/c12-8-2-1-7(10(14)9(8)13)11(16)15-3-5-17-6-4-15/h1-2H,3-6H2. The summed E-state index contributed by atoms with van der Waals surface area (Å²) in [5, 5.41) is -0.0396. The van der Waals surface area contributed by atoms with E-state index in [1.54, 1.807) is 22.7 Å². The van der Waals surface area contributed by atoms with Crippen molar-refractivity contribution in [3.8, 4) is 0 Å². The van der Waals surface area contributed by atoms with Crippen LogP contribution in [0.25, 0.3) is 0 Å². The zero-order chi connectivity index (χ0) is 12.4. The molecule has 92 valence electrons. The second kappa shape index (κ2) is 5.59. The molecule has 17 heavy (non-hydrogen) atoms. The van der Waals surface area contributed by atoms with Crippen LogP contribution in [-0.2, 0) is 0 Å². The fraction of sp³-hybridized carbons (Fsp3) is 0.364. The van der Waals surface area contributed by atoms with E-state index in [4.69, 9.17) is 11.6 Å². The molecule has 1 heterocycles. The van der Waals surface area contributed by atoms with Gasteiger partial charge in [0.2, 0.25) is 0 Å². The van der Waals surface area contributed by atoms with Gasteiger partial charge in [-0.15, -0.1) is 0 Å². The lowest BCUT2D eigenvalue weighted by molar-refractivity contribution is 0.0767. The third-order valence-electron chi connectivity index (χ3n) is 2.56. The van der Waals surface area contributed by atoms with Crippen molar-refractivity contribution < 1.29 is 9.18 Å². The first-order valence-electron chi connectivity index (χ1n) is 5.12. The summed E-state index contributed by atoms with van der Waals surface area (Å²) in [5.74, 6) is 0.872. The second-order valence-electron chi connectivity index (χ2n) is 3.63. The van der Waals surface area contributed by atoms with E-state index in [0.717, 1.165) is 11.5 Å². The number of benzene rings is 1. The van der Waals surface area contributed by atoms with Gasteiger partial charge < -0.3 is 4.90 Å². The molecule has 1 aromatic rings. The highest BCUT2D eigenvalue weighted by Crippen LogP contribution is 2.28. The van der Waals surface area contributed by atoms with Crippen LogP contribution in [0.5, 0.6) is 0 Å². The number of halogens is 3. The van der Waals surface area contributed by atoms with E-state index in [1.165, 1.54) is 6.07 Å². The maximum Gasteiger partial charge on any atom is 0.256 e. The smallest absolute Gasteiger partial charge is 0.256 e. The number of amides is 1. The fourth-order valence-electron chi connectivity index (χ4n) is 1.63. The molecule has 0 aliphatic carbocycles. The van der Waals surface area contributed by atoms with Gasteiger partial charge >= 0.3 is 0 Å². The molecule has 0 unspecified atom stereocenters. The number of thioether (sulfide) groups is 1. The number of nitrogens with zero attached hydrogens (tertiary/aromatic N) is 1. The molecule has 1 aromatic carbocycles.